The number of nitrogens with zero attached hydrogens (tertiary/aromatic N) is 4. The average Bonchev–Trinajstić information content (AvgIpc) is 3.10. The van der Waals surface area contributed by atoms with Crippen molar-refractivity contribution in [2.45, 2.75) is 20.3 Å². The standard InChI is InChI=1S/C21H26N6O/c1-15-13-18-19(14-16(15)2)25-20(24-18)5-8-23-21(28)27-11-9-26(10-12-27)17-3-6-22-7-4-17/h3-4,6-7,13-14H,5,8-12H2,1-2H3,(H,23,28)(H,24,25). The van der Waals surface area contributed by atoms with E-state index in [1.54, 1.807) is 12.4 Å². The van der Waals surface area contributed by atoms with Crippen molar-refractivity contribution in [1.29, 1.82) is 0 Å². The van der Waals surface area contributed by atoms with E-state index in [1.165, 1.54) is 11.1 Å². The Kier molecular flexibility index (Phi) is 5.14. The van der Waals surface area contributed by atoms with E-state index in [1.807, 2.05) is 17.0 Å². The Morgan fingerprint density at radius 3 is 2.57 bits per heavy atom. The number of hydrogen-bond donors (Lipinski definition) is 2. The lowest BCUT2D eigenvalue weighted by molar-refractivity contribution is 0.194. The van der Waals surface area contributed by atoms with Gasteiger partial charge in [-0.1, -0.05) is 0 Å². The largest absolute Gasteiger partial charge is 0.368 e. The highest BCUT2D eigenvalue weighted by Crippen LogP contribution is 2.17. The van der Waals surface area contributed by atoms with Crippen molar-refractivity contribution in [2.75, 3.05) is 37.6 Å². The zero-order valence-electron chi connectivity index (χ0n) is 16.4. The lowest BCUT2D eigenvalue weighted by atomic mass is 10.1. The predicted molar refractivity (Wildman–Crippen MR) is 111 cm³/mol. The van der Waals surface area contributed by atoms with Gasteiger partial charge in [0, 0.05) is 57.2 Å². The molecule has 28 heavy (non-hydrogen) atoms. The van der Waals surface area contributed by atoms with Gasteiger partial charge in [0.25, 0.3) is 0 Å². The Morgan fingerprint density at radius 2 is 1.82 bits per heavy atom. The summed E-state index contributed by atoms with van der Waals surface area (Å²) in [5, 5.41) is 3.02. The van der Waals surface area contributed by atoms with Gasteiger partial charge in [0.1, 0.15) is 5.82 Å². The third-order valence-electron chi connectivity index (χ3n) is 5.38. The molecule has 2 N–H and O–H groups in total. The first-order valence-corrected chi connectivity index (χ1v) is 9.74. The SMILES string of the molecule is Cc1cc2nc(CCNC(=O)N3CCN(c4ccncc4)CC3)[nH]c2cc1C. The molecular formula is C21H26N6O. The highest BCUT2D eigenvalue weighted by Gasteiger charge is 2.21. The van der Waals surface area contributed by atoms with Gasteiger partial charge in [-0.25, -0.2) is 9.78 Å². The summed E-state index contributed by atoms with van der Waals surface area (Å²) >= 11 is 0. The number of amides is 2. The van der Waals surface area contributed by atoms with Crippen LogP contribution in [-0.2, 0) is 6.42 Å². The highest BCUT2D eigenvalue weighted by molar-refractivity contribution is 5.77. The van der Waals surface area contributed by atoms with Gasteiger partial charge < -0.3 is 20.1 Å². The Bertz CT molecular complexity index is 921. The molecule has 0 saturated carbocycles. The highest BCUT2D eigenvalue weighted by atomic mass is 16.2. The smallest absolute Gasteiger partial charge is 0.317 e. The van der Waals surface area contributed by atoms with Crippen molar-refractivity contribution in [2.24, 2.45) is 0 Å². The summed E-state index contributed by atoms with van der Waals surface area (Å²) in [4.78, 5) is 28.7. The zero-order valence-corrected chi connectivity index (χ0v) is 16.4. The number of benzene rings is 1. The molecule has 0 radical (unpaired) electrons. The minimum Gasteiger partial charge on any atom is -0.368 e. The van der Waals surface area contributed by atoms with Crippen molar-refractivity contribution in [1.82, 2.24) is 25.2 Å². The number of imidazole rings is 1. The van der Waals surface area contributed by atoms with Crippen molar-refractivity contribution >= 4 is 22.8 Å². The number of aromatic amines is 1. The number of aromatic nitrogens is 3. The molecule has 7 heteroatoms. The van der Waals surface area contributed by atoms with E-state index in [2.05, 4.69) is 51.1 Å². The van der Waals surface area contributed by atoms with E-state index in [9.17, 15) is 4.79 Å². The second-order valence-corrected chi connectivity index (χ2v) is 7.30. The molecule has 1 aromatic carbocycles. The van der Waals surface area contributed by atoms with Gasteiger partial charge in [-0.2, -0.15) is 0 Å². The molecule has 0 aliphatic carbocycles. The fraction of sp³-hybridized carbons (Fsp3) is 0.381. The first kappa shape index (κ1) is 18.3. The fourth-order valence-corrected chi connectivity index (χ4v) is 3.56. The first-order valence-electron chi connectivity index (χ1n) is 9.74. The predicted octanol–water partition coefficient (Wildman–Crippen LogP) is 2.65. The third kappa shape index (κ3) is 3.93. The summed E-state index contributed by atoms with van der Waals surface area (Å²) in [5.74, 6) is 0.905. The lowest BCUT2D eigenvalue weighted by Gasteiger charge is -2.36. The molecule has 0 unspecified atom stereocenters. The number of anilines is 1. The van der Waals surface area contributed by atoms with E-state index in [0.717, 1.165) is 48.7 Å². The minimum absolute atomic E-state index is 0.00261. The van der Waals surface area contributed by atoms with E-state index in [0.29, 0.717) is 13.0 Å². The molecule has 0 bridgehead atoms. The molecule has 0 atom stereocenters. The van der Waals surface area contributed by atoms with Crippen molar-refractivity contribution in [3.8, 4) is 0 Å². The minimum atomic E-state index is -0.00261. The number of piperazine rings is 1. The van der Waals surface area contributed by atoms with Gasteiger partial charge in [-0.3, -0.25) is 4.98 Å². The lowest BCUT2D eigenvalue weighted by Crippen LogP contribution is -2.52. The molecule has 2 amide bonds. The maximum Gasteiger partial charge on any atom is 0.317 e. The molecule has 146 valence electrons. The van der Waals surface area contributed by atoms with E-state index in [4.69, 9.17) is 0 Å². The molecule has 1 fully saturated rings. The van der Waals surface area contributed by atoms with E-state index in [-0.39, 0.29) is 6.03 Å². The number of pyridine rings is 1. The number of rotatable bonds is 4. The molecule has 4 rings (SSSR count). The summed E-state index contributed by atoms with van der Waals surface area (Å²) in [6.45, 7) is 7.87. The summed E-state index contributed by atoms with van der Waals surface area (Å²) in [7, 11) is 0. The van der Waals surface area contributed by atoms with Crippen molar-refractivity contribution in [3.05, 3.63) is 53.6 Å². The van der Waals surface area contributed by atoms with Crippen LogP contribution in [0, 0.1) is 13.8 Å². The summed E-state index contributed by atoms with van der Waals surface area (Å²) < 4.78 is 0. The van der Waals surface area contributed by atoms with Crippen LogP contribution >= 0.6 is 0 Å². The van der Waals surface area contributed by atoms with Crippen molar-refractivity contribution < 1.29 is 4.79 Å². The summed E-state index contributed by atoms with van der Waals surface area (Å²) in [6.07, 6.45) is 4.29. The van der Waals surface area contributed by atoms with Crippen LogP contribution in [0.15, 0.2) is 36.7 Å². The average molecular weight is 378 g/mol. The van der Waals surface area contributed by atoms with E-state index >= 15 is 0 Å². The number of hydrogen-bond acceptors (Lipinski definition) is 4. The third-order valence-corrected chi connectivity index (χ3v) is 5.38. The number of fused-ring (bicyclic) bond motifs is 1. The maximum absolute atomic E-state index is 12.4. The molecule has 2 aromatic heterocycles. The van der Waals surface area contributed by atoms with Crippen LogP contribution < -0.4 is 10.2 Å². The van der Waals surface area contributed by atoms with Gasteiger partial charge in [0.15, 0.2) is 0 Å². The normalized spacial score (nSPS) is 14.5. The second-order valence-electron chi connectivity index (χ2n) is 7.30. The van der Waals surface area contributed by atoms with Crippen LogP contribution in [0.5, 0.6) is 0 Å². The molecule has 3 heterocycles. The molecule has 3 aromatic rings. The number of carbonyl (C=O) groups excluding carboxylic acids is 1. The molecular weight excluding hydrogens is 352 g/mol. The number of aryl methyl sites for hydroxylation is 2. The van der Waals surface area contributed by atoms with E-state index < -0.39 is 0 Å². The first-order chi connectivity index (χ1) is 13.6. The molecule has 1 aliphatic rings. The molecule has 7 nitrogen and oxygen atoms in total. The van der Waals surface area contributed by atoms with Crippen LogP contribution in [0.2, 0.25) is 0 Å². The van der Waals surface area contributed by atoms with Gasteiger partial charge in [-0.05, 0) is 49.2 Å². The number of carbonyl (C=O) groups is 1. The quantitative estimate of drug-likeness (QED) is 0.732. The van der Waals surface area contributed by atoms with Crippen LogP contribution in [0.3, 0.4) is 0 Å². The Morgan fingerprint density at radius 1 is 1.11 bits per heavy atom. The number of nitrogens with one attached hydrogen (secondary N) is 2. The number of urea groups is 1. The van der Waals surface area contributed by atoms with Crippen LogP contribution in [-0.4, -0.2) is 58.6 Å². The molecule has 1 saturated heterocycles. The zero-order chi connectivity index (χ0) is 19.5. The summed E-state index contributed by atoms with van der Waals surface area (Å²) in [6, 6.07) is 8.24. The topological polar surface area (TPSA) is 77.2 Å². The Hall–Kier alpha value is -3.09. The van der Waals surface area contributed by atoms with Gasteiger partial charge in [-0.15, -0.1) is 0 Å². The van der Waals surface area contributed by atoms with Crippen molar-refractivity contribution in [3.63, 3.8) is 0 Å². The maximum atomic E-state index is 12.4. The summed E-state index contributed by atoms with van der Waals surface area (Å²) in [5.41, 5.74) is 5.69. The van der Waals surface area contributed by atoms with Crippen LogP contribution in [0.1, 0.15) is 17.0 Å². The Labute approximate surface area is 164 Å². The van der Waals surface area contributed by atoms with Crippen LogP contribution in [0.4, 0.5) is 10.5 Å². The van der Waals surface area contributed by atoms with Gasteiger partial charge in [0.05, 0.1) is 11.0 Å². The fourth-order valence-electron chi connectivity index (χ4n) is 3.56. The van der Waals surface area contributed by atoms with Crippen LogP contribution in [0.25, 0.3) is 11.0 Å². The number of H-pyrrole nitrogens is 1. The van der Waals surface area contributed by atoms with Gasteiger partial charge in [0.2, 0.25) is 0 Å². The van der Waals surface area contributed by atoms with Gasteiger partial charge >= 0.3 is 6.03 Å². The Balaban J connectivity index is 1.26. The molecule has 1 aliphatic heterocycles. The monoisotopic (exact) mass is 378 g/mol. The molecule has 0 spiro atoms. The second kappa shape index (κ2) is 7.88.